The number of hydrogen-bond donors (Lipinski definition) is 0. The predicted molar refractivity (Wildman–Crippen MR) is 53.1 cm³/mol. The van der Waals surface area contributed by atoms with Crippen LogP contribution in [0.1, 0.15) is 13.3 Å². The topological polar surface area (TPSA) is 43.4 Å². The normalized spacial score (nSPS) is 70.5. The Morgan fingerprint density at radius 2 is 2.19 bits per heavy atom. The SMILES string of the molecule is COC(=O)[C@@]12[C@H]3[C@H]4C(=O)[C@H]1[C@@]1(C)C[C@@H]2[C@H]3[C@@H]41. The summed E-state index contributed by atoms with van der Waals surface area (Å²) in [5.41, 5.74) is -0.204. The number of esters is 1. The molecule has 0 unspecified atom stereocenters. The lowest BCUT2D eigenvalue weighted by atomic mass is 9.32. The summed E-state index contributed by atoms with van der Waals surface area (Å²) in [7, 11) is 1.47. The summed E-state index contributed by atoms with van der Waals surface area (Å²) in [6.45, 7) is 2.24. The van der Waals surface area contributed by atoms with E-state index in [1.165, 1.54) is 7.11 Å². The predicted octanol–water partition coefficient (Wildman–Crippen LogP) is 0.876. The van der Waals surface area contributed by atoms with Gasteiger partial charge in [-0.25, -0.2) is 0 Å². The molecule has 6 aliphatic carbocycles. The summed E-state index contributed by atoms with van der Waals surface area (Å²) in [5, 5.41) is 0. The molecule has 6 fully saturated rings. The van der Waals surface area contributed by atoms with Crippen molar-refractivity contribution in [1.29, 1.82) is 0 Å². The molecule has 0 aliphatic heterocycles. The van der Waals surface area contributed by atoms with E-state index in [0.29, 0.717) is 29.5 Å². The van der Waals surface area contributed by atoms with Crippen LogP contribution in [0.2, 0.25) is 0 Å². The fourth-order valence-corrected chi connectivity index (χ4v) is 7.06. The van der Waals surface area contributed by atoms with Crippen molar-refractivity contribution in [1.82, 2.24) is 0 Å². The van der Waals surface area contributed by atoms with Crippen molar-refractivity contribution in [2.75, 3.05) is 7.11 Å². The molecule has 8 atom stereocenters. The summed E-state index contributed by atoms with van der Waals surface area (Å²) in [5.74, 6) is 2.75. The molecule has 4 bridgehead atoms. The van der Waals surface area contributed by atoms with Crippen molar-refractivity contribution in [3.05, 3.63) is 0 Å². The molecule has 0 aromatic carbocycles. The van der Waals surface area contributed by atoms with E-state index in [9.17, 15) is 9.59 Å². The molecule has 0 aromatic rings. The number of carbonyl (C=O) groups excluding carboxylic acids is 2. The quantitative estimate of drug-likeness (QED) is 0.613. The van der Waals surface area contributed by atoms with Gasteiger partial charge in [-0.05, 0) is 35.5 Å². The van der Waals surface area contributed by atoms with Crippen molar-refractivity contribution in [3.8, 4) is 0 Å². The Balaban J connectivity index is 1.80. The van der Waals surface area contributed by atoms with Gasteiger partial charge in [0.1, 0.15) is 5.78 Å². The van der Waals surface area contributed by atoms with E-state index < -0.39 is 0 Å². The number of methoxy groups -OCH3 is 1. The molecular weight excluding hydrogens is 204 g/mol. The maximum absolute atomic E-state index is 12.3. The highest BCUT2D eigenvalue weighted by Crippen LogP contribution is 2.96. The lowest BCUT2D eigenvalue weighted by Gasteiger charge is -2.69. The molecule has 0 spiro atoms. The third-order valence-corrected chi connectivity index (χ3v) is 6.94. The van der Waals surface area contributed by atoms with Gasteiger partial charge >= 0.3 is 5.97 Å². The molecular formula is C13H14O3. The molecule has 16 heavy (non-hydrogen) atoms. The van der Waals surface area contributed by atoms with E-state index in [2.05, 4.69) is 6.92 Å². The van der Waals surface area contributed by atoms with Gasteiger partial charge in [0.05, 0.1) is 12.5 Å². The fourth-order valence-electron chi connectivity index (χ4n) is 7.06. The Kier molecular flexibility index (Phi) is 0.914. The third kappa shape index (κ3) is 0.394. The molecule has 0 saturated heterocycles. The van der Waals surface area contributed by atoms with Gasteiger partial charge in [0.2, 0.25) is 0 Å². The van der Waals surface area contributed by atoms with Gasteiger partial charge in [0.15, 0.2) is 0 Å². The minimum Gasteiger partial charge on any atom is -0.469 e. The van der Waals surface area contributed by atoms with E-state index in [1.807, 2.05) is 0 Å². The molecule has 0 amide bonds. The summed E-state index contributed by atoms with van der Waals surface area (Å²) in [4.78, 5) is 24.5. The number of ether oxygens (including phenoxy) is 1. The lowest BCUT2D eigenvalue weighted by molar-refractivity contribution is -0.259. The maximum Gasteiger partial charge on any atom is 0.313 e. The minimum atomic E-state index is -0.356. The molecule has 0 radical (unpaired) electrons. The molecule has 0 aromatic heterocycles. The van der Waals surface area contributed by atoms with Crippen LogP contribution >= 0.6 is 0 Å². The Hall–Kier alpha value is -0.860. The van der Waals surface area contributed by atoms with Crippen LogP contribution in [0.3, 0.4) is 0 Å². The molecule has 84 valence electrons. The molecule has 6 aliphatic rings. The first-order chi connectivity index (χ1) is 7.60. The molecule has 6 rings (SSSR count). The van der Waals surface area contributed by atoms with Crippen LogP contribution in [0.5, 0.6) is 0 Å². The van der Waals surface area contributed by atoms with Gasteiger partial charge in [-0.2, -0.15) is 0 Å². The second-order valence-corrected chi connectivity index (χ2v) is 6.73. The van der Waals surface area contributed by atoms with Crippen molar-refractivity contribution in [2.24, 2.45) is 46.3 Å². The van der Waals surface area contributed by atoms with Gasteiger partial charge in [0, 0.05) is 11.8 Å². The standard InChI is InChI=1S/C13H14O3/c1-12-3-4-5-7(12)6-8(5)13(4,11(15)16-2)10(12)9(6)14/h4-8,10H,3H2,1-2H3/t4-,5+,6+,7+,8-,10+,12+,13+/m1/s1. The largest absolute Gasteiger partial charge is 0.469 e. The number of Topliss-reactive ketones (excluding diaryl/α,β-unsaturated/α-hetero) is 1. The van der Waals surface area contributed by atoms with Crippen molar-refractivity contribution >= 4 is 11.8 Å². The first-order valence-corrected chi connectivity index (χ1v) is 6.22. The number of hydrogen-bond acceptors (Lipinski definition) is 3. The number of rotatable bonds is 1. The third-order valence-electron chi connectivity index (χ3n) is 6.94. The first kappa shape index (κ1) is 8.26. The molecule has 6 saturated carbocycles. The van der Waals surface area contributed by atoms with Crippen molar-refractivity contribution in [2.45, 2.75) is 13.3 Å². The highest BCUT2D eigenvalue weighted by molar-refractivity contribution is 6.03. The zero-order valence-corrected chi connectivity index (χ0v) is 9.40. The number of ketones is 1. The van der Waals surface area contributed by atoms with Gasteiger partial charge in [-0.3, -0.25) is 9.59 Å². The Morgan fingerprint density at radius 1 is 1.44 bits per heavy atom. The smallest absolute Gasteiger partial charge is 0.313 e. The average Bonchev–Trinajstić information content (AvgIpc) is 2.61. The zero-order chi connectivity index (χ0) is 11.0. The molecule has 0 heterocycles. The first-order valence-electron chi connectivity index (χ1n) is 6.22. The zero-order valence-electron chi connectivity index (χ0n) is 9.40. The average molecular weight is 218 g/mol. The molecule has 3 nitrogen and oxygen atoms in total. The summed E-state index contributed by atoms with van der Waals surface area (Å²) in [6, 6.07) is 0. The highest BCUT2D eigenvalue weighted by atomic mass is 16.5. The van der Waals surface area contributed by atoms with Crippen LogP contribution < -0.4 is 0 Å². The van der Waals surface area contributed by atoms with Gasteiger partial charge in [-0.15, -0.1) is 0 Å². The van der Waals surface area contributed by atoms with E-state index in [0.717, 1.165) is 6.42 Å². The minimum absolute atomic E-state index is 0.0162. The van der Waals surface area contributed by atoms with E-state index in [1.54, 1.807) is 0 Å². The van der Waals surface area contributed by atoms with Crippen LogP contribution in [0, 0.1) is 46.3 Å². The van der Waals surface area contributed by atoms with Gasteiger partial charge < -0.3 is 4.74 Å². The van der Waals surface area contributed by atoms with Crippen LogP contribution in [-0.2, 0) is 14.3 Å². The van der Waals surface area contributed by atoms with Crippen LogP contribution in [0.4, 0.5) is 0 Å². The molecule has 3 heteroatoms. The van der Waals surface area contributed by atoms with Crippen molar-refractivity contribution < 1.29 is 14.3 Å². The summed E-state index contributed by atoms with van der Waals surface area (Å²) >= 11 is 0. The summed E-state index contributed by atoms with van der Waals surface area (Å²) < 4.78 is 5.02. The Morgan fingerprint density at radius 3 is 2.88 bits per heavy atom. The van der Waals surface area contributed by atoms with E-state index >= 15 is 0 Å². The molecule has 0 N–H and O–H groups in total. The van der Waals surface area contributed by atoms with Crippen molar-refractivity contribution in [3.63, 3.8) is 0 Å². The lowest BCUT2D eigenvalue weighted by Crippen LogP contribution is -2.72. The second-order valence-electron chi connectivity index (χ2n) is 6.73. The number of carbonyl (C=O) groups is 2. The van der Waals surface area contributed by atoms with E-state index in [4.69, 9.17) is 4.74 Å². The van der Waals surface area contributed by atoms with Crippen LogP contribution in [0.25, 0.3) is 0 Å². The van der Waals surface area contributed by atoms with E-state index in [-0.39, 0.29) is 28.6 Å². The van der Waals surface area contributed by atoms with Gasteiger partial charge in [-0.1, -0.05) is 6.92 Å². The monoisotopic (exact) mass is 218 g/mol. The summed E-state index contributed by atoms with van der Waals surface area (Å²) in [6.07, 6.45) is 1.10. The Labute approximate surface area is 93.5 Å². The van der Waals surface area contributed by atoms with Gasteiger partial charge in [0.25, 0.3) is 0 Å². The highest BCUT2D eigenvalue weighted by Gasteiger charge is 2.99. The van der Waals surface area contributed by atoms with Crippen LogP contribution in [0.15, 0.2) is 0 Å². The Bertz CT molecular complexity index is 484. The fraction of sp³-hybridized carbons (Fsp3) is 0.846. The maximum atomic E-state index is 12.3. The van der Waals surface area contributed by atoms with Crippen LogP contribution in [-0.4, -0.2) is 18.9 Å². The second kappa shape index (κ2) is 1.77.